The van der Waals surface area contributed by atoms with E-state index in [0.29, 0.717) is 17.8 Å². The fourth-order valence-electron chi connectivity index (χ4n) is 2.61. The number of nitrogens with one attached hydrogen (secondary N) is 2. The van der Waals surface area contributed by atoms with E-state index in [2.05, 4.69) is 50.0 Å². The summed E-state index contributed by atoms with van der Waals surface area (Å²) in [5.41, 5.74) is 8.32. The molecule has 0 aromatic heterocycles. The number of hydrogen-bond acceptors (Lipinski definition) is 3. The topological polar surface area (TPSA) is 67.4 Å². The molecule has 0 saturated heterocycles. The molecule has 0 aliphatic rings. The fourth-order valence-corrected chi connectivity index (χ4v) is 2.61. The highest BCUT2D eigenvalue weighted by atomic mass is 16.5. The number of carbonyl (C=O) groups is 2. The van der Waals surface area contributed by atoms with Gasteiger partial charge in [-0.05, 0) is 81.8 Å². The van der Waals surface area contributed by atoms with Crippen LogP contribution in [0.3, 0.4) is 0 Å². The second-order valence-electron chi connectivity index (χ2n) is 6.15. The molecule has 2 N–H and O–H groups in total. The van der Waals surface area contributed by atoms with Gasteiger partial charge in [0.2, 0.25) is 5.91 Å². The molecule has 0 aliphatic carbocycles. The van der Waals surface area contributed by atoms with E-state index < -0.39 is 6.09 Å². The van der Waals surface area contributed by atoms with E-state index >= 15 is 0 Å². The van der Waals surface area contributed by atoms with E-state index in [-0.39, 0.29) is 5.91 Å². The second kappa shape index (κ2) is 7.99. The van der Waals surface area contributed by atoms with Gasteiger partial charge in [-0.15, -0.1) is 0 Å². The van der Waals surface area contributed by atoms with Crippen molar-refractivity contribution in [3.05, 3.63) is 44.7 Å². The smallest absolute Gasteiger partial charge is 0.411 e. The van der Waals surface area contributed by atoms with Gasteiger partial charge in [-0.2, -0.15) is 0 Å². The largest absolute Gasteiger partial charge is 0.453 e. The zero-order valence-corrected chi connectivity index (χ0v) is 15.9. The van der Waals surface area contributed by atoms with Crippen LogP contribution >= 0.6 is 0 Å². The molecule has 132 valence electrons. The first-order chi connectivity index (χ1) is 11.1. The molecule has 0 radical (unpaired) electrons. The summed E-state index contributed by atoms with van der Waals surface area (Å²) in [6.45, 7) is 14.3. The molecule has 0 atom stereocenters. The third kappa shape index (κ3) is 4.16. The molecule has 5 nitrogen and oxygen atoms in total. The second-order valence-corrected chi connectivity index (χ2v) is 6.15. The van der Waals surface area contributed by atoms with Crippen LogP contribution in [0.15, 0.2) is 11.3 Å². The molecule has 0 saturated carbocycles. The molecular formula is C19H28N2O3. The highest BCUT2D eigenvalue weighted by Gasteiger charge is 2.14. The highest BCUT2D eigenvalue weighted by molar-refractivity contribution is 5.94. The Bertz CT molecular complexity index is 674. The molecule has 1 rings (SSSR count). The minimum atomic E-state index is -0.587. The van der Waals surface area contributed by atoms with Crippen LogP contribution in [-0.2, 0) is 16.1 Å². The van der Waals surface area contributed by atoms with Gasteiger partial charge < -0.3 is 10.1 Å². The monoisotopic (exact) mass is 332 g/mol. The third-order valence-electron chi connectivity index (χ3n) is 4.96. The number of amides is 2. The van der Waals surface area contributed by atoms with Gasteiger partial charge >= 0.3 is 6.09 Å². The van der Waals surface area contributed by atoms with Crippen LogP contribution in [-0.4, -0.2) is 19.1 Å². The van der Waals surface area contributed by atoms with E-state index in [4.69, 9.17) is 0 Å². The summed E-state index contributed by atoms with van der Waals surface area (Å²) in [5.74, 6) is -0.210. The molecule has 0 spiro atoms. The minimum absolute atomic E-state index is 0.210. The van der Waals surface area contributed by atoms with Crippen molar-refractivity contribution in [2.45, 2.75) is 55.0 Å². The first-order valence-electron chi connectivity index (χ1n) is 7.98. The van der Waals surface area contributed by atoms with Gasteiger partial charge in [0.1, 0.15) is 0 Å². The predicted octanol–water partition coefficient (Wildman–Crippen LogP) is 3.49. The maximum atomic E-state index is 12.3. The van der Waals surface area contributed by atoms with Gasteiger partial charge in [0.25, 0.3) is 0 Å². The molecule has 0 bridgehead atoms. The van der Waals surface area contributed by atoms with Crippen molar-refractivity contribution in [2.75, 3.05) is 7.11 Å². The maximum absolute atomic E-state index is 12.3. The number of ether oxygens (including phenoxy) is 1. The summed E-state index contributed by atoms with van der Waals surface area (Å²) in [5, 5.41) is 5.45. The van der Waals surface area contributed by atoms with Gasteiger partial charge in [-0.1, -0.05) is 0 Å². The van der Waals surface area contributed by atoms with Crippen LogP contribution in [0.1, 0.15) is 47.2 Å². The lowest BCUT2D eigenvalue weighted by molar-refractivity contribution is -0.117. The summed E-state index contributed by atoms with van der Waals surface area (Å²) in [6, 6.07) is 0. The predicted molar refractivity (Wildman–Crippen MR) is 95.9 cm³/mol. The van der Waals surface area contributed by atoms with Crippen LogP contribution in [0, 0.1) is 34.6 Å². The standard InChI is InChI=1S/C19H28N2O3/c1-10-11(2)13(4)17(14(5)12(10)3)9-20-18(22)15(6)16(7)21-19(23)24-8/h9H2,1-8H3,(H,20,22)(H,21,23)/b16-15-. The lowest BCUT2D eigenvalue weighted by atomic mass is 9.89. The van der Waals surface area contributed by atoms with Crippen molar-refractivity contribution in [1.29, 1.82) is 0 Å². The highest BCUT2D eigenvalue weighted by Crippen LogP contribution is 2.25. The van der Waals surface area contributed by atoms with Gasteiger partial charge in [-0.3, -0.25) is 10.1 Å². The van der Waals surface area contributed by atoms with Crippen LogP contribution in [0.25, 0.3) is 0 Å². The molecule has 24 heavy (non-hydrogen) atoms. The molecular weight excluding hydrogens is 304 g/mol. The Labute approximate surface area is 144 Å². The number of benzene rings is 1. The number of hydrogen-bond donors (Lipinski definition) is 2. The molecule has 0 heterocycles. The van der Waals surface area contributed by atoms with Gasteiger partial charge in [0.05, 0.1) is 7.11 Å². The molecule has 1 aromatic carbocycles. The van der Waals surface area contributed by atoms with Crippen molar-refractivity contribution >= 4 is 12.0 Å². The number of rotatable bonds is 4. The summed E-state index contributed by atoms with van der Waals surface area (Å²) in [6.07, 6.45) is -0.587. The minimum Gasteiger partial charge on any atom is -0.453 e. The molecule has 2 amide bonds. The zero-order valence-electron chi connectivity index (χ0n) is 15.9. The summed E-state index contributed by atoms with van der Waals surface area (Å²) in [7, 11) is 1.28. The first kappa shape index (κ1) is 19.7. The molecule has 1 aromatic rings. The lowest BCUT2D eigenvalue weighted by Crippen LogP contribution is -2.29. The van der Waals surface area contributed by atoms with Crippen LogP contribution in [0.4, 0.5) is 4.79 Å². The quantitative estimate of drug-likeness (QED) is 0.829. The maximum Gasteiger partial charge on any atom is 0.411 e. The Morgan fingerprint density at radius 3 is 1.79 bits per heavy atom. The average Bonchev–Trinajstić information content (AvgIpc) is 2.56. The zero-order chi connectivity index (χ0) is 18.6. The normalized spacial score (nSPS) is 11.7. The van der Waals surface area contributed by atoms with E-state index in [1.54, 1.807) is 13.8 Å². The number of allylic oxidation sites excluding steroid dienone is 1. The first-order valence-corrected chi connectivity index (χ1v) is 7.98. The van der Waals surface area contributed by atoms with Crippen molar-refractivity contribution in [1.82, 2.24) is 10.6 Å². The van der Waals surface area contributed by atoms with Crippen molar-refractivity contribution in [3.8, 4) is 0 Å². The van der Waals surface area contributed by atoms with Crippen LogP contribution in [0.2, 0.25) is 0 Å². The third-order valence-corrected chi connectivity index (χ3v) is 4.96. The van der Waals surface area contributed by atoms with E-state index in [1.807, 2.05) is 0 Å². The molecule has 0 fully saturated rings. The van der Waals surface area contributed by atoms with E-state index in [0.717, 1.165) is 5.56 Å². The fraction of sp³-hybridized carbons (Fsp3) is 0.474. The Kier molecular flexibility index (Phi) is 6.58. The summed E-state index contributed by atoms with van der Waals surface area (Å²) >= 11 is 0. The van der Waals surface area contributed by atoms with Crippen LogP contribution < -0.4 is 10.6 Å². The summed E-state index contributed by atoms with van der Waals surface area (Å²) < 4.78 is 4.53. The number of carbonyl (C=O) groups excluding carboxylic acids is 2. The molecule has 5 heteroatoms. The molecule has 0 aliphatic heterocycles. The van der Waals surface area contributed by atoms with E-state index in [1.165, 1.54) is 34.9 Å². The SMILES string of the molecule is COC(=O)N/C(C)=C(/C)C(=O)NCc1c(C)c(C)c(C)c(C)c1C. The van der Waals surface area contributed by atoms with Crippen molar-refractivity contribution in [3.63, 3.8) is 0 Å². The van der Waals surface area contributed by atoms with E-state index in [9.17, 15) is 9.59 Å². The van der Waals surface area contributed by atoms with Crippen molar-refractivity contribution < 1.29 is 14.3 Å². The number of methoxy groups -OCH3 is 1. The van der Waals surface area contributed by atoms with Gasteiger partial charge in [-0.25, -0.2) is 4.79 Å². The number of alkyl carbamates (subject to hydrolysis) is 1. The summed E-state index contributed by atoms with van der Waals surface area (Å²) in [4.78, 5) is 23.6. The van der Waals surface area contributed by atoms with Crippen molar-refractivity contribution in [2.24, 2.45) is 0 Å². The van der Waals surface area contributed by atoms with Gasteiger partial charge in [0, 0.05) is 17.8 Å². The Hall–Kier alpha value is -2.30. The Balaban J connectivity index is 2.96. The lowest BCUT2D eigenvalue weighted by Gasteiger charge is -2.19. The Morgan fingerprint density at radius 2 is 1.33 bits per heavy atom. The average molecular weight is 332 g/mol. The van der Waals surface area contributed by atoms with Crippen LogP contribution in [0.5, 0.6) is 0 Å². The van der Waals surface area contributed by atoms with Gasteiger partial charge in [0.15, 0.2) is 0 Å². The molecule has 0 unspecified atom stereocenters. The Morgan fingerprint density at radius 1 is 0.875 bits per heavy atom.